The number of amides is 2. The quantitative estimate of drug-likeness (QED) is 0.864. The third-order valence-corrected chi connectivity index (χ3v) is 3.52. The van der Waals surface area contributed by atoms with Gasteiger partial charge in [-0.25, -0.2) is 4.79 Å². The van der Waals surface area contributed by atoms with Crippen LogP contribution in [0.15, 0.2) is 24.3 Å². The molecule has 1 aliphatic rings. The fourth-order valence-corrected chi connectivity index (χ4v) is 2.48. The number of hydrogen-bond acceptors (Lipinski definition) is 3. The number of aliphatic hydroxyl groups excluding tert-OH is 1. The van der Waals surface area contributed by atoms with E-state index in [0.717, 1.165) is 0 Å². The maximum atomic E-state index is 12.4. The van der Waals surface area contributed by atoms with Crippen molar-refractivity contribution in [2.24, 2.45) is 0 Å². The molecule has 108 valence electrons. The van der Waals surface area contributed by atoms with Crippen LogP contribution in [0.5, 0.6) is 0 Å². The van der Waals surface area contributed by atoms with Crippen LogP contribution >= 0.6 is 0 Å². The molecule has 20 heavy (non-hydrogen) atoms. The number of fused-ring (bicyclic) bond motifs is 1. The fourth-order valence-electron chi connectivity index (χ4n) is 2.48. The van der Waals surface area contributed by atoms with Gasteiger partial charge in [-0.2, -0.15) is 0 Å². The third kappa shape index (κ3) is 2.46. The number of likely N-dealkylation sites (N-methyl/N-ethyl adjacent to an activating group) is 1. The van der Waals surface area contributed by atoms with Crippen LogP contribution in [0.4, 0.5) is 10.5 Å². The predicted molar refractivity (Wildman–Crippen MR) is 73.9 cm³/mol. The first kappa shape index (κ1) is 14.3. The van der Waals surface area contributed by atoms with Crippen LogP contribution in [0.3, 0.4) is 0 Å². The van der Waals surface area contributed by atoms with Crippen LogP contribution in [0.25, 0.3) is 0 Å². The van der Waals surface area contributed by atoms with E-state index in [1.54, 1.807) is 24.3 Å². The molecule has 1 aromatic rings. The van der Waals surface area contributed by atoms with Crippen molar-refractivity contribution in [2.75, 3.05) is 31.1 Å². The average Bonchev–Trinajstić information content (AvgIpc) is 2.84. The van der Waals surface area contributed by atoms with Gasteiger partial charge in [0.1, 0.15) is 5.92 Å². The largest absolute Gasteiger partial charge is 0.481 e. The number of carbonyl (C=O) groups is 2. The van der Waals surface area contributed by atoms with Crippen LogP contribution in [0, 0.1) is 0 Å². The topological polar surface area (TPSA) is 81.1 Å². The van der Waals surface area contributed by atoms with Crippen LogP contribution in [0.2, 0.25) is 0 Å². The Hall–Kier alpha value is -2.08. The SMILES string of the molecule is CCN(CCO)C(=O)N1CC(C(=O)O)c2ccccc21. The summed E-state index contributed by atoms with van der Waals surface area (Å²) in [4.78, 5) is 26.7. The molecule has 2 amide bonds. The summed E-state index contributed by atoms with van der Waals surface area (Å²) < 4.78 is 0. The van der Waals surface area contributed by atoms with Gasteiger partial charge in [0, 0.05) is 25.3 Å². The zero-order chi connectivity index (χ0) is 14.7. The molecular weight excluding hydrogens is 260 g/mol. The summed E-state index contributed by atoms with van der Waals surface area (Å²) >= 11 is 0. The van der Waals surface area contributed by atoms with Gasteiger partial charge in [-0.15, -0.1) is 0 Å². The Kier molecular flexibility index (Phi) is 4.24. The minimum absolute atomic E-state index is 0.114. The molecule has 0 aliphatic carbocycles. The molecule has 0 saturated carbocycles. The summed E-state index contributed by atoms with van der Waals surface area (Å²) in [6.07, 6.45) is 0. The first-order valence-corrected chi connectivity index (χ1v) is 6.59. The number of para-hydroxylation sites is 1. The van der Waals surface area contributed by atoms with Gasteiger partial charge in [-0.05, 0) is 18.6 Å². The summed E-state index contributed by atoms with van der Waals surface area (Å²) in [6.45, 7) is 2.55. The van der Waals surface area contributed by atoms with E-state index in [0.29, 0.717) is 17.8 Å². The fraction of sp³-hybridized carbons (Fsp3) is 0.429. The number of benzene rings is 1. The second-order valence-electron chi connectivity index (χ2n) is 4.65. The highest BCUT2D eigenvalue weighted by molar-refractivity contribution is 5.98. The normalized spacial score (nSPS) is 16.9. The molecular formula is C14H18N2O4. The van der Waals surface area contributed by atoms with Crippen molar-refractivity contribution in [3.05, 3.63) is 29.8 Å². The Balaban J connectivity index is 2.30. The number of aliphatic carboxylic acids is 1. The zero-order valence-electron chi connectivity index (χ0n) is 11.3. The Labute approximate surface area is 117 Å². The van der Waals surface area contributed by atoms with Crippen molar-refractivity contribution in [2.45, 2.75) is 12.8 Å². The first-order valence-electron chi connectivity index (χ1n) is 6.59. The first-order chi connectivity index (χ1) is 9.60. The van der Waals surface area contributed by atoms with Crippen LogP contribution in [-0.4, -0.2) is 53.4 Å². The van der Waals surface area contributed by atoms with Gasteiger partial charge in [-0.1, -0.05) is 18.2 Å². The number of carbonyl (C=O) groups excluding carboxylic acids is 1. The lowest BCUT2D eigenvalue weighted by Gasteiger charge is -2.27. The summed E-state index contributed by atoms with van der Waals surface area (Å²) in [6, 6.07) is 6.78. The number of anilines is 1. The summed E-state index contributed by atoms with van der Waals surface area (Å²) in [7, 11) is 0. The van der Waals surface area contributed by atoms with Crippen molar-refractivity contribution in [1.82, 2.24) is 4.90 Å². The summed E-state index contributed by atoms with van der Waals surface area (Å²) in [5.41, 5.74) is 1.30. The monoisotopic (exact) mass is 278 g/mol. The number of nitrogens with zero attached hydrogens (tertiary/aromatic N) is 2. The van der Waals surface area contributed by atoms with Crippen molar-refractivity contribution >= 4 is 17.7 Å². The number of rotatable bonds is 4. The molecule has 6 heteroatoms. The van der Waals surface area contributed by atoms with Crippen LogP contribution in [0.1, 0.15) is 18.4 Å². The minimum atomic E-state index is -0.932. The standard InChI is InChI=1S/C14H18N2O4/c1-2-15(7-8-17)14(20)16-9-11(13(18)19)10-5-3-4-6-12(10)16/h3-6,11,17H,2,7-9H2,1H3,(H,18,19). The number of urea groups is 1. The highest BCUT2D eigenvalue weighted by Gasteiger charge is 2.37. The van der Waals surface area contributed by atoms with E-state index in [9.17, 15) is 14.7 Å². The lowest BCUT2D eigenvalue weighted by molar-refractivity contribution is -0.138. The molecule has 1 heterocycles. The van der Waals surface area contributed by atoms with Crippen molar-refractivity contribution in [3.63, 3.8) is 0 Å². The van der Waals surface area contributed by atoms with E-state index >= 15 is 0 Å². The van der Waals surface area contributed by atoms with E-state index in [4.69, 9.17) is 5.11 Å². The maximum absolute atomic E-state index is 12.4. The molecule has 1 unspecified atom stereocenters. The van der Waals surface area contributed by atoms with E-state index < -0.39 is 11.9 Å². The second kappa shape index (κ2) is 5.92. The predicted octanol–water partition coefficient (Wildman–Crippen LogP) is 1.11. The van der Waals surface area contributed by atoms with Gasteiger partial charge in [0.05, 0.1) is 6.61 Å². The molecule has 2 N–H and O–H groups in total. The van der Waals surface area contributed by atoms with Gasteiger partial charge in [0.2, 0.25) is 0 Å². The zero-order valence-corrected chi connectivity index (χ0v) is 11.3. The van der Waals surface area contributed by atoms with Gasteiger partial charge in [-0.3, -0.25) is 9.69 Å². The van der Waals surface area contributed by atoms with Crippen molar-refractivity contribution < 1.29 is 19.8 Å². The average molecular weight is 278 g/mol. The number of hydrogen-bond donors (Lipinski definition) is 2. The second-order valence-corrected chi connectivity index (χ2v) is 4.65. The smallest absolute Gasteiger partial charge is 0.324 e. The van der Waals surface area contributed by atoms with Crippen molar-refractivity contribution in [1.29, 1.82) is 0 Å². The number of carboxylic acid groups (broad SMARTS) is 1. The van der Waals surface area contributed by atoms with Gasteiger partial charge >= 0.3 is 12.0 Å². The molecule has 1 aromatic carbocycles. The number of aliphatic hydroxyl groups is 1. The third-order valence-electron chi connectivity index (χ3n) is 3.52. The highest BCUT2D eigenvalue weighted by Crippen LogP contribution is 2.36. The van der Waals surface area contributed by atoms with E-state index in [2.05, 4.69) is 0 Å². The minimum Gasteiger partial charge on any atom is -0.481 e. The molecule has 6 nitrogen and oxygen atoms in total. The highest BCUT2D eigenvalue weighted by atomic mass is 16.4. The van der Waals surface area contributed by atoms with Gasteiger partial charge in [0.15, 0.2) is 0 Å². The van der Waals surface area contributed by atoms with E-state index in [1.165, 1.54) is 9.80 Å². The maximum Gasteiger partial charge on any atom is 0.324 e. The van der Waals surface area contributed by atoms with E-state index in [-0.39, 0.29) is 25.7 Å². The molecule has 0 bridgehead atoms. The van der Waals surface area contributed by atoms with Gasteiger partial charge < -0.3 is 15.1 Å². The molecule has 0 spiro atoms. The molecule has 1 aliphatic heterocycles. The summed E-state index contributed by atoms with van der Waals surface area (Å²) in [5.74, 6) is -1.62. The Morgan fingerprint density at radius 3 is 2.70 bits per heavy atom. The molecule has 2 rings (SSSR count). The number of carboxylic acids is 1. The molecule has 0 aromatic heterocycles. The molecule has 0 radical (unpaired) electrons. The molecule has 0 saturated heterocycles. The Morgan fingerprint density at radius 2 is 2.10 bits per heavy atom. The van der Waals surface area contributed by atoms with E-state index in [1.807, 2.05) is 6.92 Å². The summed E-state index contributed by atoms with van der Waals surface area (Å²) in [5, 5.41) is 18.3. The Bertz CT molecular complexity index is 518. The molecule has 0 fully saturated rings. The van der Waals surface area contributed by atoms with Gasteiger partial charge in [0.25, 0.3) is 0 Å². The van der Waals surface area contributed by atoms with Crippen LogP contribution in [-0.2, 0) is 4.79 Å². The Morgan fingerprint density at radius 1 is 1.40 bits per heavy atom. The van der Waals surface area contributed by atoms with Crippen LogP contribution < -0.4 is 4.90 Å². The lowest BCUT2D eigenvalue weighted by Crippen LogP contribution is -2.44. The van der Waals surface area contributed by atoms with Crippen molar-refractivity contribution in [3.8, 4) is 0 Å². The molecule has 1 atom stereocenters. The lowest BCUT2D eigenvalue weighted by atomic mass is 10.0.